The second-order valence-corrected chi connectivity index (χ2v) is 4.38. The maximum atomic E-state index is 6.04. The van der Waals surface area contributed by atoms with Gasteiger partial charge in [-0.1, -0.05) is 0 Å². The van der Waals surface area contributed by atoms with Gasteiger partial charge in [-0.15, -0.1) is 0 Å². The van der Waals surface area contributed by atoms with E-state index in [9.17, 15) is 0 Å². The van der Waals surface area contributed by atoms with Crippen molar-refractivity contribution in [1.29, 1.82) is 0 Å². The lowest BCUT2D eigenvalue weighted by molar-refractivity contribution is -0.169. The predicted octanol–water partition coefficient (Wildman–Crippen LogP) is 0.932. The van der Waals surface area contributed by atoms with Crippen LogP contribution in [-0.4, -0.2) is 37.5 Å². The lowest BCUT2D eigenvalue weighted by Gasteiger charge is -2.45. The molecule has 0 aliphatic carbocycles. The molecule has 3 heteroatoms. The summed E-state index contributed by atoms with van der Waals surface area (Å²) < 4.78 is 11.6. The van der Waals surface area contributed by atoms with E-state index in [0.717, 1.165) is 32.5 Å². The lowest BCUT2D eigenvalue weighted by atomic mass is 9.89. The van der Waals surface area contributed by atoms with E-state index in [1.807, 2.05) is 0 Å². The number of hydrogen-bond donors (Lipinski definition) is 1. The van der Waals surface area contributed by atoms with Gasteiger partial charge in [0.2, 0.25) is 0 Å². The van der Waals surface area contributed by atoms with Crippen molar-refractivity contribution in [2.45, 2.75) is 44.5 Å². The van der Waals surface area contributed by atoms with E-state index >= 15 is 0 Å². The first-order chi connectivity index (χ1) is 6.20. The predicted molar refractivity (Wildman–Crippen MR) is 50.8 cm³/mol. The van der Waals surface area contributed by atoms with Gasteiger partial charge in [0.15, 0.2) is 0 Å². The van der Waals surface area contributed by atoms with Crippen molar-refractivity contribution >= 4 is 0 Å². The van der Waals surface area contributed by atoms with Gasteiger partial charge in [-0.25, -0.2) is 0 Å². The van der Waals surface area contributed by atoms with Gasteiger partial charge in [0, 0.05) is 32.5 Å². The van der Waals surface area contributed by atoms with Crippen LogP contribution in [0.5, 0.6) is 0 Å². The molecule has 0 radical (unpaired) electrons. The van der Waals surface area contributed by atoms with Crippen LogP contribution < -0.4 is 5.32 Å². The summed E-state index contributed by atoms with van der Waals surface area (Å²) in [4.78, 5) is 0. The number of rotatable bonds is 0. The van der Waals surface area contributed by atoms with Gasteiger partial charge in [-0.3, -0.25) is 0 Å². The zero-order valence-electron chi connectivity index (χ0n) is 8.51. The quantitative estimate of drug-likeness (QED) is 0.609. The Hall–Kier alpha value is -0.120. The van der Waals surface area contributed by atoms with E-state index in [4.69, 9.17) is 9.47 Å². The van der Waals surface area contributed by atoms with Gasteiger partial charge in [0.25, 0.3) is 0 Å². The molecule has 1 N–H and O–H groups in total. The molecule has 0 aromatic rings. The van der Waals surface area contributed by atoms with Crippen molar-refractivity contribution in [3.63, 3.8) is 0 Å². The third kappa shape index (κ3) is 2.03. The van der Waals surface area contributed by atoms with E-state index in [1.165, 1.54) is 0 Å². The standard InChI is InChI=1S/C10H19NO2/c1-8-5-10(3-4-12-8)7-11-6-9(2)13-10/h8-9,11H,3-7H2,1-2H3/t8-,9+,10+/m0/s1. The molecular weight excluding hydrogens is 166 g/mol. The fourth-order valence-corrected chi connectivity index (χ4v) is 2.41. The highest BCUT2D eigenvalue weighted by Gasteiger charge is 2.39. The molecule has 0 bridgehead atoms. The van der Waals surface area contributed by atoms with Gasteiger partial charge in [-0.2, -0.15) is 0 Å². The Morgan fingerprint density at radius 1 is 1.31 bits per heavy atom. The molecule has 1 spiro atoms. The van der Waals surface area contributed by atoms with Gasteiger partial charge >= 0.3 is 0 Å². The SMILES string of the molecule is C[C@@H]1CNC[C@]2(CCO[C@@H](C)C2)O1. The fourth-order valence-electron chi connectivity index (χ4n) is 2.41. The molecule has 2 aliphatic heterocycles. The first kappa shape index (κ1) is 9.44. The van der Waals surface area contributed by atoms with E-state index in [0.29, 0.717) is 12.2 Å². The zero-order valence-corrected chi connectivity index (χ0v) is 8.51. The van der Waals surface area contributed by atoms with Crippen LogP contribution in [-0.2, 0) is 9.47 Å². The van der Waals surface area contributed by atoms with Gasteiger partial charge in [-0.05, 0) is 13.8 Å². The molecule has 2 aliphatic rings. The maximum absolute atomic E-state index is 6.04. The summed E-state index contributed by atoms with van der Waals surface area (Å²) in [6.45, 7) is 7.08. The molecule has 0 amide bonds. The van der Waals surface area contributed by atoms with Crippen LogP contribution in [0.25, 0.3) is 0 Å². The summed E-state index contributed by atoms with van der Waals surface area (Å²) >= 11 is 0. The summed E-state index contributed by atoms with van der Waals surface area (Å²) in [5.41, 5.74) is 0.0648. The molecule has 0 aromatic heterocycles. The van der Waals surface area contributed by atoms with Crippen molar-refractivity contribution in [1.82, 2.24) is 5.32 Å². The van der Waals surface area contributed by atoms with Crippen LogP contribution in [0.4, 0.5) is 0 Å². The van der Waals surface area contributed by atoms with E-state index in [-0.39, 0.29) is 5.60 Å². The third-order valence-electron chi connectivity index (χ3n) is 2.95. The Bertz CT molecular complexity index is 164. The fraction of sp³-hybridized carbons (Fsp3) is 1.00. The molecule has 13 heavy (non-hydrogen) atoms. The highest BCUT2D eigenvalue weighted by molar-refractivity contribution is 4.92. The summed E-state index contributed by atoms with van der Waals surface area (Å²) in [5, 5.41) is 3.44. The maximum Gasteiger partial charge on any atom is 0.0856 e. The van der Waals surface area contributed by atoms with Crippen LogP contribution in [0.2, 0.25) is 0 Å². The second-order valence-electron chi connectivity index (χ2n) is 4.38. The Morgan fingerprint density at radius 3 is 2.85 bits per heavy atom. The molecule has 2 fully saturated rings. The molecule has 2 heterocycles. The molecule has 2 saturated heterocycles. The Kier molecular flexibility index (Phi) is 2.58. The van der Waals surface area contributed by atoms with Crippen LogP contribution in [0.15, 0.2) is 0 Å². The van der Waals surface area contributed by atoms with Crippen LogP contribution >= 0.6 is 0 Å². The average Bonchev–Trinajstić information content (AvgIpc) is 2.02. The topological polar surface area (TPSA) is 30.5 Å². The van der Waals surface area contributed by atoms with E-state index < -0.39 is 0 Å². The molecule has 0 unspecified atom stereocenters. The molecule has 0 aromatic carbocycles. The highest BCUT2D eigenvalue weighted by Crippen LogP contribution is 2.30. The van der Waals surface area contributed by atoms with Crippen molar-refractivity contribution < 1.29 is 9.47 Å². The van der Waals surface area contributed by atoms with Crippen molar-refractivity contribution in [2.24, 2.45) is 0 Å². The molecule has 0 saturated carbocycles. The van der Waals surface area contributed by atoms with Gasteiger partial charge in [0.1, 0.15) is 0 Å². The molecule has 3 atom stereocenters. The third-order valence-corrected chi connectivity index (χ3v) is 2.95. The Balaban J connectivity index is 2.00. The number of nitrogens with one attached hydrogen (secondary N) is 1. The largest absolute Gasteiger partial charge is 0.378 e. The summed E-state index contributed by atoms with van der Waals surface area (Å²) in [6, 6.07) is 0. The highest BCUT2D eigenvalue weighted by atomic mass is 16.5. The normalized spacial score (nSPS) is 46.6. The monoisotopic (exact) mass is 185 g/mol. The zero-order chi connectivity index (χ0) is 9.31. The molecular formula is C10H19NO2. The van der Waals surface area contributed by atoms with Crippen LogP contribution in [0, 0.1) is 0 Å². The molecule has 3 nitrogen and oxygen atoms in total. The van der Waals surface area contributed by atoms with E-state index in [2.05, 4.69) is 19.2 Å². The second kappa shape index (κ2) is 3.56. The number of morpholine rings is 1. The first-order valence-electron chi connectivity index (χ1n) is 5.20. The lowest BCUT2D eigenvalue weighted by Crippen LogP contribution is -2.56. The van der Waals surface area contributed by atoms with Gasteiger partial charge in [0.05, 0.1) is 17.8 Å². The van der Waals surface area contributed by atoms with Crippen LogP contribution in [0.3, 0.4) is 0 Å². The smallest absolute Gasteiger partial charge is 0.0856 e. The van der Waals surface area contributed by atoms with Crippen molar-refractivity contribution in [2.75, 3.05) is 19.7 Å². The minimum Gasteiger partial charge on any atom is -0.378 e. The first-order valence-corrected chi connectivity index (χ1v) is 5.20. The molecule has 76 valence electrons. The Labute approximate surface area is 79.8 Å². The average molecular weight is 185 g/mol. The Morgan fingerprint density at radius 2 is 2.15 bits per heavy atom. The molecule has 2 rings (SSSR count). The summed E-state index contributed by atoms with van der Waals surface area (Å²) in [7, 11) is 0. The number of ether oxygens (including phenoxy) is 2. The summed E-state index contributed by atoms with van der Waals surface area (Å²) in [5.74, 6) is 0. The minimum atomic E-state index is 0.0648. The summed E-state index contributed by atoms with van der Waals surface area (Å²) in [6.07, 6.45) is 2.76. The van der Waals surface area contributed by atoms with Crippen LogP contribution in [0.1, 0.15) is 26.7 Å². The van der Waals surface area contributed by atoms with E-state index in [1.54, 1.807) is 0 Å². The van der Waals surface area contributed by atoms with Crippen molar-refractivity contribution in [3.8, 4) is 0 Å². The van der Waals surface area contributed by atoms with Gasteiger partial charge < -0.3 is 14.8 Å². The van der Waals surface area contributed by atoms with Crippen molar-refractivity contribution in [3.05, 3.63) is 0 Å². The minimum absolute atomic E-state index is 0.0648. The number of hydrogen-bond acceptors (Lipinski definition) is 3.